The molecule has 3 atom stereocenters. The maximum absolute atomic E-state index is 12.7. The summed E-state index contributed by atoms with van der Waals surface area (Å²) in [6.45, 7) is 0. The predicted octanol–water partition coefficient (Wildman–Crippen LogP) is 2.78. The van der Waals surface area contributed by atoms with Crippen LogP contribution in [-0.2, 0) is 6.42 Å². The highest BCUT2D eigenvalue weighted by molar-refractivity contribution is 5.18. The molecule has 0 radical (unpaired) electrons. The smallest absolute Gasteiger partial charge is 0.123 e. The molecule has 16 heavy (non-hydrogen) atoms. The summed E-state index contributed by atoms with van der Waals surface area (Å²) in [4.78, 5) is 0. The molecule has 0 aliphatic heterocycles. The van der Waals surface area contributed by atoms with Crippen LogP contribution >= 0.6 is 0 Å². The number of benzene rings is 1. The van der Waals surface area contributed by atoms with Gasteiger partial charge in [0, 0.05) is 0 Å². The molecule has 1 aromatic rings. The Hall–Kier alpha value is -0.890. The highest BCUT2D eigenvalue weighted by atomic mass is 19.1. The van der Waals surface area contributed by atoms with E-state index in [0.29, 0.717) is 12.3 Å². The average Bonchev–Trinajstić information content (AvgIpc) is 2.76. The number of hydrogen-bond donors (Lipinski definition) is 1. The van der Waals surface area contributed by atoms with E-state index in [4.69, 9.17) is 0 Å². The fraction of sp³-hybridized carbons (Fsp3) is 0.571. The molecule has 86 valence electrons. The van der Waals surface area contributed by atoms with Gasteiger partial charge in [0.2, 0.25) is 0 Å². The van der Waals surface area contributed by atoms with Gasteiger partial charge in [-0.05, 0) is 54.7 Å². The molecular weight excluding hydrogens is 203 g/mol. The summed E-state index contributed by atoms with van der Waals surface area (Å²) in [7, 11) is 0. The van der Waals surface area contributed by atoms with Crippen molar-refractivity contribution in [3.63, 3.8) is 0 Å². The van der Waals surface area contributed by atoms with Gasteiger partial charge in [-0.15, -0.1) is 0 Å². The first-order valence-corrected chi connectivity index (χ1v) is 6.18. The molecule has 2 fully saturated rings. The maximum Gasteiger partial charge on any atom is 0.123 e. The quantitative estimate of drug-likeness (QED) is 0.830. The van der Waals surface area contributed by atoms with Crippen molar-refractivity contribution in [3.05, 3.63) is 35.6 Å². The first-order chi connectivity index (χ1) is 7.75. The van der Waals surface area contributed by atoms with Crippen LogP contribution in [0.4, 0.5) is 4.39 Å². The topological polar surface area (TPSA) is 20.2 Å². The third-order valence-corrected chi connectivity index (χ3v) is 4.28. The zero-order valence-corrected chi connectivity index (χ0v) is 9.27. The minimum Gasteiger partial charge on any atom is -0.392 e. The van der Waals surface area contributed by atoms with Crippen LogP contribution in [0, 0.1) is 23.6 Å². The molecule has 1 aromatic carbocycles. The lowest BCUT2D eigenvalue weighted by molar-refractivity contribution is 0.135. The second-order valence-electron chi connectivity index (χ2n) is 5.23. The van der Waals surface area contributed by atoms with Crippen LogP contribution in [0.5, 0.6) is 0 Å². The molecule has 0 aromatic heterocycles. The SMILES string of the molecule is OC(Cc1ccc(F)cc1)C1C2CCCC21. The second-order valence-corrected chi connectivity index (χ2v) is 5.23. The highest BCUT2D eigenvalue weighted by Gasteiger charge is 2.55. The summed E-state index contributed by atoms with van der Waals surface area (Å²) in [6.07, 6.45) is 4.40. The number of fused-ring (bicyclic) bond motifs is 1. The third-order valence-electron chi connectivity index (χ3n) is 4.28. The summed E-state index contributed by atoms with van der Waals surface area (Å²) in [6, 6.07) is 6.49. The number of aliphatic hydroxyl groups excluding tert-OH is 1. The van der Waals surface area contributed by atoms with Crippen molar-refractivity contribution < 1.29 is 9.50 Å². The lowest BCUT2D eigenvalue weighted by atomic mass is 10.00. The van der Waals surface area contributed by atoms with Crippen molar-refractivity contribution in [3.8, 4) is 0 Å². The van der Waals surface area contributed by atoms with E-state index in [2.05, 4.69) is 0 Å². The lowest BCUT2D eigenvalue weighted by Gasteiger charge is -2.12. The summed E-state index contributed by atoms with van der Waals surface area (Å²) in [5, 5.41) is 10.1. The molecule has 2 aliphatic carbocycles. The number of hydrogen-bond acceptors (Lipinski definition) is 1. The molecule has 0 bridgehead atoms. The van der Waals surface area contributed by atoms with Crippen molar-refractivity contribution >= 4 is 0 Å². The fourth-order valence-electron chi connectivity index (χ4n) is 3.45. The molecular formula is C14H17FO. The first-order valence-electron chi connectivity index (χ1n) is 6.18. The van der Waals surface area contributed by atoms with E-state index in [-0.39, 0.29) is 11.9 Å². The van der Waals surface area contributed by atoms with Crippen LogP contribution in [0.15, 0.2) is 24.3 Å². The Morgan fingerprint density at radius 3 is 2.44 bits per heavy atom. The Balaban J connectivity index is 1.60. The minimum atomic E-state index is -0.222. The van der Waals surface area contributed by atoms with Crippen LogP contribution in [-0.4, -0.2) is 11.2 Å². The normalized spacial score (nSPS) is 33.5. The third kappa shape index (κ3) is 1.75. The molecule has 0 amide bonds. The molecule has 3 unspecified atom stereocenters. The van der Waals surface area contributed by atoms with Gasteiger partial charge in [0.05, 0.1) is 6.10 Å². The summed E-state index contributed by atoms with van der Waals surface area (Å²) in [5.74, 6) is 1.89. The molecule has 1 nitrogen and oxygen atoms in total. The monoisotopic (exact) mass is 220 g/mol. The van der Waals surface area contributed by atoms with Crippen LogP contribution in [0.1, 0.15) is 24.8 Å². The van der Waals surface area contributed by atoms with Crippen molar-refractivity contribution in [1.82, 2.24) is 0 Å². The van der Waals surface area contributed by atoms with E-state index in [9.17, 15) is 9.50 Å². The Morgan fingerprint density at radius 1 is 1.19 bits per heavy atom. The van der Waals surface area contributed by atoms with Gasteiger partial charge in [-0.2, -0.15) is 0 Å². The number of halogens is 1. The van der Waals surface area contributed by atoms with Crippen molar-refractivity contribution in [2.75, 3.05) is 0 Å². The molecule has 3 rings (SSSR count). The van der Waals surface area contributed by atoms with E-state index in [1.165, 1.54) is 31.4 Å². The highest BCUT2D eigenvalue weighted by Crippen LogP contribution is 2.59. The van der Waals surface area contributed by atoms with E-state index in [1.807, 2.05) is 0 Å². The average molecular weight is 220 g/mol. The van der Waals surface area contributed by atoms with E-state index in [0.717, 1.165) is 17.4 Å². The van der Waals surface area contributed by atoms with Crippen LogP contribution in [0.2, 0.25) is 0 Å². The molecule has 0 saturated heterocycles. The van der Waals surface area contributed by atoms with Crippen LogP contribution in [0.3, 0.4) is 0 Å². The standard InChI is InChI=1S/C14H17FO/c15-10-6-4-9(5-7-10)8-13(16)14-11-2-1-3-12(11)14/h4-7,11-14,16H,1-3,8H2. The first kappa shape index (κ1) is 10.3. The Labute approximate surface area is 95.3 Å². The summed E-state index contributed by atoms with van der Waals surface area (Å²) in [5.41, 5.74) is 1.04. The zero-order valence-electron chi connectivity index (χ0n) is 9.27. The second kappa shape index (κ2) is 3.85. The fourth-order valence-corrected chi connectivity index (χ4v) is 3.45. The van der Waals surface area contributed by atoms with Gasteiger partial charge in [-0.25, -0.2) is 4.39 Å². The Morgan fingerprint density at radius 2 is 1.81 bits per heavy atom. The van der Waals surface area contributed by atoms with E-state index < -0.39 is 0 Å². The van der Waals surface area contributed by atoms with Crippen molar-refractivity contribution in [2.24, 2.45) is 17.8 Å². The predicted molar refractivity (Wildman–Crippen MR) is 60.4 cm³/mol. The minimum absolute atomic E-state index is 0.207. The molecule has 2 aliphatic rings. The van der Waals surface area contributed by atoms with Gasteiger partial charge in [-0.3, -0.25) is 0 Å². The van der Waals surface area contributed by atoms with Gasteiger partial charge in [0.25, 0.3) is 0 Å². The Kier molecular flexibility index (Phi) is 2.47. The van der Waals surface area contributed by atoms with Gasteiger partial charge in [-0.1, -0.05) is 18.6 Å². The van der Waals surface area contributed by atoms with Gasteiger partial charge in [0.15, 0.2) is 0 Å². The molecule has 0 heterocycles. The van der Waals surface area contributed by atoms with Crippen LogP contribution in [0.25, 0.3) is 0 Å². The van der Waals surface area contributed by atoms with Crippen LogP contribution < -0.4 is 0 Å². The summed E-state index contributed by atoms with van der Waals surface area (Å²) < 4.78 is 12.7. The van der Waals surface area contributed by atoms with Gasteiger partial charge < -0.3 is 5.11 Å². The molecule has 2 saturated carbocycles. The largest absolute Gasteiger partial charge is 0.392 e. The lowest BCUT2D eigenvalue weighted by Crippen LogP contribution is -2.16. The van der Waals surface area contributed by atoms with E-state index in [1.54, 1.807) is 12.1 Å². The number of rotatable bonds is 3. The van der Waals surface area contributed by atoms with Crippen molar-refractivity contribution in [2.45, 2.75) is 31.8 Å². The molecule has 0 spiro atoms. The maximum atomic E-state index is 12.7. The number of aliphatic hydroxyl groups is 1. The van der Waals surface area contributed by atoms with Gasteiger partial charge in [0.1, 0.15) is 5.82 Å². The van der Waals surface area contributed by atoms with E-state index >= 15 is 0 Å². The summed E-state index contributed by atoms with van der Waals surface area (Å²) >= 11 is 0. The molecule has 1 N–H and O–H groups in total. The Bertz CT molecular complexity index is 363. The molecule has 2 heteroatoms. The van der Waals surface area contributed by atoms with Crippen molar-refractivity contribution in [1.29, 1.82) is 0 Å². The zero-order chi connectivity index (χ0) is 11.1. The van der Waals surface area contributed by atoms with Gasteiger partial charge >= 0.3 is 0 Å².